The lowest BCUT2D eigenvalue weighted by Gasteiger charge is -2.33. The molecule has 1 aliphatic rings. The molecule has 0 atom stereocenters. The van der Waals surface area contributed by atoms with Crippen molar-refractivity contribution in [3.8, 4) is 0 Å². The van der Waals surface area contributed by atoms with Gasteiger partial charge in [0.1, 0.15) is 17.5 Å². The van der Waals surface area contributed by atoms with E-state index in [1.54, 1.807) is 0 Å². The Labute approximate surface area is 103 Å². The van der Waals surface area contributed by atoms with Gasteiger partial charge in [0, 0.05) is 45.7 Å². The van der Waals surface area contributed by atoms with Gasteiger partial charge in [-0.1, -0.05) is 6.92 Å². The standard InChI is InChI=1S/C12H21N5/c1-4-10-14-11(13-2)9-12(15-10)17-7-5-16(3)6-8-17/h9H,4-8H2,1-3H3,(H,13,14,15). The normalized spacial score (nSPS) is 17.2. The Kier molecular flexibility index (Phi) is 3.78. The van der Waals surface area contributed by atoms with Crippen molar-refractivity contribution in [3.63, 3.8) is 0 Å². The molecule has 0 amide bonds. The molecular weight excluding hydrogens is 214 g/mol. The molecule has 0 unspecified atom stereocenters. The zero-order valence-electron chi connectivity index (χ0n) is 10.9. The Hall–Kier alpha value is -1.36. The van der Waals surface area contributed by atoms with Crippen LogP contribution in [0, 0.1) is 0 Å². The topological polar surface area (TPSA) is 44.3 Å². The molecule has 2 rings (SSSR count). The van der Waals surface area contributed by atoms with E-state index in [-0.39, 0.29) is 0 Å². The van der Waals surface area contributed by atoms with Crippen LogP contribution in [0.3, 0.4) is 0 Å². The number of piperazine rings is 1. The number of anilines is 2. The van der Waals surface area contributed by atoms with Crippen LogP contribution >= 0.6 is 0 Å². The summed E-state index contributed by atoms with van der Waals surface area (Å²) in [5, 5.41) is 3.10. The highest BCUT2D eigenvalue weighted by molar-refractivity contribution is 5.49. The lowest BCUT2D eigenvalue weighted by molar-refractivity contribution is 0.312. The lowest BCUT2D eigenvalue weighted by Crippen LogP contribution is -2.44. The summed E-state index contributed by atoms with van der Waals surface area (Å²) in [7, 11) is 4.06. The van der Waals surface area contributed by atoms with E-state index < -0.39 is 0 Å². The van der Waals surface area contributed by atoms with E-state index in [1.807, 2.05) is 13.1 Å². The quantitative estimate of drug-likeness (QED) is 0.841. The van der Waals surface area contributed by atoms with E-state index in [2.05, 4.69) is 39.1 Å². The molecule has 5 heteroatoms. The molecule has 0 aliphatic carbocycles. The maximum absolute atomic E-state index is 4.60. The SMILES string of the molecule is CCc1nc(NC)cc(N2CCN(C)CC2)n1. The molecule has 1 N–H and O–H groups in total. The van der Waals surface area contributed by atoms with Crippen molar-refractivity contribution in [2.24, 2.45) is 0 Å². The smallest absolute Gasteiger partial charge is 0.134 e. The zero-order chi connectivity index (χ0) is 12.3. The van der Waals surface area contributed by atoms with E-state index in [1.165, 1.54) is 0 Å². The van der Waals surface area contributed by atoms with Crippen LogP contribution in [0.5, 0.6) is 0 Å². The number of aromatic nitrogens is 2. The number of nitrogens with one attached hydrogen (secondary N) is 1. The number of hydrogen-bond acceptors (Lipinski definition) is 5. The summed E-state index contributed by atoms with van der Waals surface area (Å²) in [6.45, 7) is 6.36. The summed E-state index contributed by atoms with van der Waals surface area (Å²) >= 11 is 0. The average Bonchev–Trinajstić information content (AvgIpc) is 2.39. The summed E-state index contributed by atoms with van der Waals surface area (Å²) in [5.41, 5.74) is 0. The monoisotopic (exact) mass is 235 g/mol. The molecule has 0 spiro atoms. The third-order valence-corrected chi connectivity index (χ3v) is 3.16. The largest absolute Gasteiger partial charge is 0.373 e. The lowest BCUT2D eigenvalue weighted by atomic mass is 10.3. The number of rotatable bonds is 3. The first-order valence-corrected chi connectivity index (χ1v) is 6.22. The molecule has 1 fully saturated rings. The Morgan fingerprint density at radius 1 is 1.24 bits per heavy atom. The second-order valence-electron chi connectivity index (χ2n) is 4.42. The van der Waals surface area contributed by atoms with Crippen LogP contribution in [0.4, 0.5) is 11.6 Å². The predicted molar refractivity (Wildman–Crippen MR) is 70.7 cm³/mol. The van der Waals surface area contributed by atoms with Crippen molar-refractivity contribution in [2.75, 3.05) is 50.5 Å². The van der Waals surface area contributed by atoms with Gasteiger partial charge in [-0.15, -0.1) is 0 Å². The Morgan fingerprint density at radius 2 is 1.94 bits per heavy atom. The minimum atomic E-state index is 0.871. The van der Waals surface area contributed by atoms with Crippen LogP contribution in [0.25, 0.3) is 0 Å². The van der Waals surface area contributed by atoms with Gasteiger partial charge in [-0.05, 0) is 7.05 Å². The molecule has 0 radical (unpaired) electrons. The van der Waals surface area contributed by atoms with Crippen LogP contribution in [0.15, 0.2) is 6.07 Å². The van der Waals surface area contributed by atoms with Crippen molar-refractivity contribution in [2.45, 2.75) is 13.3 Å². The Morgan fingerprint density at radius 3 is 2.53 bits per heavy atom. The first kappa shape index (κ1) is 12.1. The Balaban J connectivity index is 2.19. The van der Waals surface area contributed by atoms with Gasteiger partial charge in [-0.3, -0.25) is 0 Å². The van der Waals surface area contributed by atoms with Gasteiger partial charge in [0.15, 0.2) is 0 Å². The third kappa shape index (κ3) is 2.85. The van der Waals surface area contributed by atoms with Gasteiger partial charge in [0.2, 0.25) is 0 Å². The average molecular weight is 235 g/mol. The predicted octanol–water partition coefficient (Wildman–Crippen LogP) is 0.832. The first-order valence-electron chi connectivity index (χ1n) is 6.22. The fourth-order valence-electron chi connectivity index (χ4n) is 1.97. The van der Waals surface area contributed by atoms with Crippen LogP contribution in [0.1, 0.15) is 12.7 Å². The number of aryl methyl sites for hydroxylation is 1. The Bertz CT molecular complexity index is 349. The summed E-state index contributed by atoms with van der Waals surface area (Å²) in [5.74, 6) is 2.87. The summed E-state index contributed by atoms with van der Waals surface area (Å²) < 4.78 is 0. The minimum absolute atomic E-state index is 0.871. The van der Waals surface area contributed by atoms with Crippen molar-refractivity contribution >= 4 is 11.6 Å². The van der Waals surface area contributed by atoms with Gasteiger partial charge in [-0.25, -0.2) is 9.97 Å². The molecule has 0 aromatic carbocycles. The molecule has 17 heavy (non-hydrogen) atoms. The molecule has 1 aromatic heterocycles. The van der Waals surface area contributed by atoms with E-state index >= 15 is 0 Å². The van der Waals surface area contributed by atoms with Gasteiger partial charge < -0.3 is 15.1 Å². The van der Waals surface area contributed by atoms with Gasteiger partial charge in [-0.2, -0.15) is 0 Å². The van der Waals surface area contributed by atoms with Crippen molar-refractivity contribution in [3.05, 3.63) is 11.9 Å². The fraction of sp³-hybridized carbons (Fsp3) is 0.667. The number of nitrogens with zero attached hydrogens (tertiary/aromatic N) is 4. The van der Waals surface area contributed by atoms with Crippen LogP contribution in [0.2, 0.25) is 0 Å². The molecule has 2 heterocycles. The van der Waals surface area contributed by atoms with Gasteiger partial charge in [0.05, 0.1) is 0 Å². The highest BCUT2D eigenvalue weighted by Gasteiger charge is 2.16. The van der Waals surface area contributed by atoms with Crippen molar-refractivity contribution in [1.82, 2.24) is 14.9 Å². The second-order valence-corrected chi connectivity index (χ2v) is 4.42. The van der Waals surface area contributed by atoms with Gasteiger partial charge in [0.25, 0.3) is 0 Å². The number of likely N-dealkylation sites (N-methyl/N-ethyl adjacent to an activating group) is 1. The van der Waals surface area contributed by atoms with Crippen LogP contribution in [-0.4, -0.2) is 55.1 Å². The summed E-state index contributed by atoms with van der Waals surface area (Å²) in [6, 6.07) is 2.03. The summed E-state index contributed by atoms with van der Waals surface area (Å²) in [6.07, 6.45) is 0.871. The first-order chi connectivity index (χ1) is 8.22. The molecule has 0 saturated carbocycles. The molecule has 1 saturated heterocycles. The van der Waals surface area contributed by atoms with Gasteiger partial charge >= 0.3 is 0 Å². The molecular formula is C12H21N5. The van der Waals surface area contributed by atoms with E-state index in [9.17, 15) is 0 Å². The maximum atomic E-state index is 4.60. The van der Waals surface area contributed by atoms with Crippen molar-refractivity contribution < 1.29 is 0 Å². The molecule has 1 aliphatic heterocycles. The van der Waals surface area contributed by atoms with Crippen LogP contribution < -0.4 is 10.2 Å². The van der Waals surface area contributed by atoms with E-state index in [0.29, 0.717) is 0 Å². The van der Waals surface area contributed by atoms with Crippen molar-refractivity contribution in [1.29, 1.82) is 0 Å². The zero-order valence-corrected chi connectivity index (χ0v) is 10.9. The molecule has 5 nitrogen and oxygen atoms in total. The molecule has 1 aromatic rings. The highest BCUT2D eigenvalue weighted by atomic mass is 15.3. The van der Waals surface area contributed by atoms with E-state index in [0.717, 1.165) is 50.1 Å². The van der Waals surface area contributed by atoms with E-state index in [4.69, 9.17) is 0 Å². The minimum Gasteiger partial charge on any atom is -0.373 e. The fourth-order valence-corrected chi connectivity index (χ4v) is 1.97. The third-order valence-electron chi connectivity index (χ3n) is 3.16. The highest BCUT2D eigenvalue weighted by Crippen LogP contribution is 2.17. The maximum Gasteiger partial charge on any atom is 0.134 e. The molecule has 94 valence electrons. The van der Waals surface area contributed by atoms with Crippen LogP contribution in [-0.2, 0) is 6.42 Å². The molecule has 0 bridgehead atoms. The number of hydrogen-bond donors (Lipinski definition) is 1. The summed E-state index contributed by atoms with van der Waals surface area (Å²) in [4.78, 5) is 13.7. The second kappa shape index (κ2) is 5.31.